The van der Waals surface area contributed by atoms with Gasteiger partial charge in [-0.15, -0.1) is 0 Å². The molecule has 8 heteroatoms. The Bertz CT molecular complexity index is 566. The fourth-order valence-electron chi connectivity index (χ4n) is 1.65. The van der Waals surface area contributed by atoms with Crippen molar-refractivity contribution in [3.8, 4) is 0 Å². The summed E-state index contributed by atoms with van der Waals surface area (Å²) in [5, 5.41) is 9.26. The van der Waals surface area contributed by atoms with Gasteiger partial charge < -0.3 is 10.7 Å². The average Bonchev–Trinajstić information content (AvgIpc) is 2.91. The van der Waals surface area contributed by atoms with Crippen LogP contribution in [0, 0.1) is 6.92 Å². The summed E-state index contributed by atoms with van der Waals surface area (Å²) in [6.45, 7) is 3.60. The van der Waals surface area contributed by atoms with E-state index in [1.165, 1.54) is 6.33 Å². The van der Waals surface area contributed by atoms with Gasteiger partial charge in [0, 0.05) is 11.3 Å². The molecule has 0 aliphatic rings. The van der Waals surface area contributed by atoms with E-state index in [0.29, 0.717) is 22.9 Å². The van der Waals surface area contributed by atoms with Crippen molar-refractivity contribution in [1.82, 2.24) is 25.5 Å². The number of nitrogen functional groups attached to an aromatic ring is 1. The quantitative estimate of drug-likeness (QED) is 0.463. The second kappa shape index (κ2) is 5.44. The molecule has 19 heavy (non-hydrogen) atoms. The maximum absolute atomic E-state index is 12.1. The van der Waals surface area contributed by atoms with E-state index in [-0.39, 0.29) is 11.9 Å². The molecule has 8 nitrogen and oxygen atoms in total. The first-order chi connectivity index (χ1) is 9.10. The van der Waals surface area contributed by atoms with Crippen LogP contribution in [0.3, 0.4) is 0 Å². The van der Waals surface area contributed by atoms with E-state index in [4.69, 9.17) is 5.84 Å². The molecule has 0 radical (unpaired) electrons. The molecule has 0 saturated carbocycles. The highest BCUT2D eigenvalue weighted by Crippen LogP contribution is 2.11. The van der Waals surface area contributed by atoms with Crippen LogP contribution < -0.4 is 16.6 Å². The molecule has 0 aliphatic heterocycles. The Labute approximate surface area is 109 Å². The first-order valence-electron chi connectivity index (χ1n) is 5.71. The van der Waals surface area contributed by atoms with Crippen molar-refractivity contribution < 1.29 is 4.79 Å². The zero-order valence-electron chi connectivity index (χ0n) is 10.6. The maximum atomic E-state index is 12.1. The summed E-state index contributed by atoms with van der Waals surface area (Å²) in [6, 6.07) is 3.00. The van der Waals surface area contributed by atoms with Gasteiger partial charge >= 0.3 is 0 Å². The van der Waals surface area contributed by atoms with Crippen LogP contribution in [0.15, 0.2) is 18.5 Å². The van der Waals surface area contributed by atoms with E-state index in [9.17, 15) is 4.79 Å². The van der Waals surface area contributed by atoms with Crippen LogP contribution in [0.4, 0.5) is 5.82 Å². The Morgan fingerprint density at radius 1 is 1.47 bits per heavy atom. The number of carbonyl (C=O) groups is 1. The molecular formula is C11H15N7O. The number of aryl methyl sites for hydroxylation is 1. The first kappa shape index (κ1) is 13.0. The standard InChI is InChI=1S/C11H15N7O/c1-6-3-8(4-9(15-6)17-12)11(19)16-7(2)10-13-5-14-18-10/h3-5,7H,12H2,1-2H3,(H,15,17)(H,16,19)(H,13,14,18). The van der Waals surface area contributed by atoms with Gasteiger partial charge in [-0.05, 0) is 26.0 Å². The molecule has 2 heterocycles. The highest BCUT2D eigenvalue weighted by atomic mass is 16.1. The second-order valence-corrected chi connectivity index (χ2v) is 4.09. The Balaban J connectivity index is 2.13. The van der Waals surface area contributed by atoms with Crippen molar-refractivity contribution in [3.63, 3.8) is 0 Å². The van der Waals surface area contributed by atoms with E-state index >= 15 is 0 Å². The largest absolute Gasteiger partial charge is 0.342 e. The van der Waals surface area contributed by atoms with Gasteiger partial charge in [-0.2, -0.15) is 5.10 Å². The van der Waals surface area contributed by atoms with Crippen LogP contribution in [0.1, 0.15) is 34.8 Å². The van der Waals surface area contributed by atoms with Crippen molar-refractivity contribution >= 4 is 11.7 Å². The summed E-state index contributed by atoms with van der Waals surface area (Å²) >= 11 is 0. The topological polar surface area (TPSA) is 122 Å². The number of rotatable bonds is 4. The number of H-pyrrole nitrogens is 1. The number of anilines is 1. The Hall–Kier alpha value is -2.48. The van der Waals surface area contributed by atoms with E-state index in [1.807, 2.05) is 6.92 Å². The Kier molecular flexibility index (Phi) is 3.71. The molecule has 2 rings (SSSR count). The predicted octanol–water partition coefficient (Wildman–Crippen LogP) is 0.285. The summed E-state index contributed by atoms with van der Waals surface area (Å²) in [6.07, 6.45) is 1.39. The molecule has 0 fully saturated rings. The van der Waals surface area contributed by atoms with E-state index in [0.717, 1.165) is 0 Å². The number of hydrogen-bond acceptors (Lipinski definition) is 6. The first-order valence-corrected chi connectivity index (χ1v) is 5.71. The lowest BCUT2D eigenvalue weighted by Crippen LogP contribution is -2.27. The summed E-state index contributed by atoms with van der Waals surface area (Å²) in [7, 11) is 0. The number of amides is 1. The highest BCUT2D eigenvalue weighted by molar-refractivity contribution is 5.95. The van der Waals surface area contributed by atoms with Crippen LogP contribution >= 0.6 is 0 Å². The third kappa shape index (κ3) is 3.05. The molecule has 5 N–H and O–H groups in total. The molecule has 0 aliphatic carbocycles. The molecule has 1 amide bonds. The number of aromatic nitrogens is 4. The number of nitrogens with zero attached hydrogens (tertiary/aromatic N) is 3. The average molecular weight is 261 g/mol. The van der Waals surface area contributed by atoms with Gasteiger partial charge in [-0.25, -0.2) is 15.8 Å². The smallest absolute Gasteiger partial charge is 0.252 e. The van der Waals surface area contributed by atoms with Gasteiger partial charge in [0.2, 0.25) is 0 Å². The van der Waals surface area contributed by atoms with Crippen molar-refractivity contribution in [2.75, 3.05) is 5.43 Å². The zero-order valence-corrected chi connectivity index (χ0v) is 10.6. The molecule has 1 atom stereocenters. The van der Waals surface area contributed by atoms with Gasteiger partial charge in [-0.1, -0.05) is 0 Å². The minimum absolute atomic E-state index is 0.231. The summed E-state index contributed by atoms with van der Waals surface area (Å²) < 4.78 is 0. The number of aromatic amines is 1. The minimum Gasteiger partial charge on any atom is -0.342 e. The van der Waals surface area contributed by atoms with Crippen LogP contribution in [0.5, 0.6) is 0 Å². The van der Waals surface area contributed by atoms with Gasteiger partial charge in [0.1, 0.15) is 18.0 Å². The Morgan fingerprint density at radius 3 is 2.89 bits per heavy atom. The van der Waals surface area contributed by atoms with Crippen LogP contribution in [0.25, 0.3) is 0 Å². The SMILES string of the molecule is Cc1cc(C(=O)NC(C)c2ncn[nH]2)cc(NN)n1. The molecule has 100 valence electrons. The normalized spacial score (nSPS) is 11.9. The van der Waals surface area contributed by atoms with Crippen LogP contribution in [-0.2, 0) is 0 Å². The summed E-state index contributed by atoms with van der Waals surface area (Å²) in [5.41, 5.74) is 3.60. The minimum atomic E-state index is -0.266. The number of pyridine rings is 1. The van der Waals surface area contributed by atoms with Gasteiger partial charge in [0.25, 0.3) is 5.91 Å². The molecule has 0 aromatic carbocycles. The number of carbonyl (C=O) groups excluding carboxylic acids is 1. The molecule has 1 unspecified atom stereocenters. The number of nitrogens with one attached hydrogen (secondary N) is 3. The van der Waals surface area contributed by atoms with E-state index in [2.05, 4.69) is 30.9 Å². The monoisotopic (exact) mass is 261 g/mol. The van der Waals surface area contributed by atoms with E-state index < -0.39 is 0 Å². The second-order valence-electron chi connectivity index (χ2n) is 4.09. The summed E-state index contributed by atoms with van der Waals surface area (Å²) in [5.74, 6) is 6.10. The molecular weight excluding hydrogens is 246 g/mol. The predicted molar refractivity (Wildman–Crippen MR) is 69.0 cm³/mol. The van der Waals surface area contributed by atoms with Crippen molar-refractivity contribution in [2.45, 2.75) is 19.9 Å². The number of hydrazine groups is 1. The lowest BCUT2D eigenvalue weighted by Gasteiger charge is -2.12. The molecule has 2 aromatic heterocycles. The highest BCUT2D eigenvalue weighted by Gasteiger charge is 2.14. The van der Waals surface area contributed by atoms with Crippen molar-refractivity contribution in [2.24, 2.45) is 5.84 Å². The van der Waals surface area contributed by atoms with Crippen LogP contribution in [0.2, 0.25) is 0 Å². The summed E-state index contributed by atoms with van der Waals surface area (Å²) in [4.78, 5) is 20.2. The number of nitrogens with two attached hydrogens (primary N) is 1. The fourth-order valence-corrected chi connectivity index (χ4v) is 1.65. The molecule has 0 bridgehead atoms. The van der Waals surface area contributed by atoms with E-state index in [1.54, 1.807) is 19.1 Å². The third-order valence-electron chi connectivity index (χ3n) is 2.55. The van der Waals surface area contributed by atoms with Gasteiger partial charge in [0.15, 0.2) is 0 Å². The van der Waals surface area contributed by atoms with Gasteiger partial charge in [-0.3, -0.25) is 9.89 Å². The van der Waals surface area contributed by atoms with Crippen molar-refractivity contribution in [1.29, 1.82) is 0 Å². The fraction of sp³-hybridized carbons (Fsp3) is 0.273. The Morgan fingerprint density at radius 2 is 2.26 bits per heavy atom. The molecule has 2 aromatic rings. The van der Waals surface area contributed by atoms with Crippen molar-refractivity contribution in [3.05, 3.63) is 35.5 Å². The van der Waals surface area contributed by atoms with Gasteiger partial charge in [0.05, 0.1) is 6.04 Å². The lowest BCUT2D eigenvalue weighted by molar-refractivity contribution is 0.0938. The maximum Gasteiger partial charge on any atom is 0.252 e. The molecule has 0 saturated heterocycles. The lowest BCUT2D eigenvalue weighted by atomic mass is 10.2. The number of hydrogen-bond donors (Lipinski definition) is 4. The van der Waals surface area contributed by atoms with Crippen LogP contribution in [-0.4, -0.2) is 26.1 Å². The zero-order chi connectivity index (χ0) is 13.8. The third-order valence-corrected chi connectivity index (χ3v) is 2.55. The molecule has 0 spiro atoms.